The summed E-state index contributed by atoms with van der Waals surface area (Å²) in [7, 11) is 3.13. The van der Waals surface area contributed by atoms with E-state index < -0.39 is 0 Å². The van der Waals surface area contributed by atoms with Crippen molar-refractivity contribution in [3.05, 3.63) is 0 Å². The summed E-state index contributed by atoms with van der Waals surface area (Å²) in [6, 6.07) is 0. The van der Waals surface area contributed by atoms with Crippen molar-refractivity contribution in [3.8, 4) is 0 Å². The molecule has 3 nitrogen and oxygen atoms in total. The van der Waals surface area contributed by atoms with E-state index in [2.05, 4.69) is 0 Å². The van der Waals surface area contributed by atoms with Gasteiger partial charge in [-0.3, -0.25) is 4.79 Å². The van der Waals surface area contributed by atoms with E-state index in [1.54, 1.807) is 14.2 Å². The van der Waals surface area contributed by atoms with Gasteiger partial charge < -0.3 is 9.47 Å². The molecule has 0 aromatic rings. The summed E-state index contributed by atoms with van der Waals surface area (Å²) in [4.78, 5) is 11.9. The molecule has 0 saturated carbocycles. The van der Waals surface area contributed by atoms with Crippen molar-refractivity contribution < 1.29 is 14.3 Å². The van der Waals surface area contributed by atoms with Crippen LogP contribution >= 0.6 is 0 Å². The SMILES string of the molecule is COC(C(=O)C(OC)C(C)C)C(C)C. The van der Waals surface area contributed by atoms with Gasteiger partial charge in [-0.2, -0.15) is 0 Å². The minimum Gasteiger partial charge on any atom is -0.373 e. The number of carbonyl (C=O) groups excluding carboxylic acids is 1. The second kappa shape index (κ2) is 6.14. The van der Waals surface area contributed by atoms with E-state index in [0.717, 1.165) is 0 Å². The monoisotopic (exact) mass is 202 g/mol. The van der Waals surface area contributed by atoms with Crippen LogP contribution in [0, 0.1) is 11.8 Å². The summed E-state index contributed by atoms with van der Waals surface area (Å²) in [5.74, 6) is 0.410. The number of hydrogen-bond donors (Lipinski definition) is 0. The van der Waals surface area contributed by atoms with Gasteiger partial charge in [0.25, 0.3) is 0 Å². The van der Waals surface area contributed by atoms with Crippen molar-refractivity contribution in [1.29, 1.82) is 0 Å². The van der Waals surface area contributed by atoms with E-state index in [1.807, 2.05) is 27.7 Å². The van der Waals surface area contributed by atoms with E-state index in [-0.39, 0.29) is 29.8 Å². The van der Waals surface area contributed by atoms with Crippen LogP contribution in [0.3, 0.4) is 0 Å². The van der Waals surface area contributed by atoms with Crippen molar-refractivity contribution >= 4 is 5.78 Å². The highest BCUT2D eigenvalue weighted by Gasteiger charge is 2.30. The first kappa shape index (κ1) is 13.6. The van der Waals surface area contributed by atoms with Gasteiger partial charge in [0.1, 0.15) is 12.2 Å². The predicted octanol–water partition coefficient (Wildman–Crippen LogP) is 1.90. The molecule has 0 heterocycles. The van der Waals surface area contributed by atoms with Crippen molar-refractivity contribution in [2.75, 3.05) is 14.2 Å². The quantitative estimate of drug-likeness (QED) is 0.660. The maximum absolute atomic E-state index is 11.9. The van der Waals surface area contributed by atoms with Gasteiger partial charge in [-0.15, -0.1) is 0 Å². The van der Waals surface area contributed by atoms with Crippen LogP contribution in [0.5, 0.6) is 0 Å². The molecule has 0 rings (SSSR count). The van der Waals surface area contributed by atoms with Crippen molar-refractivity contribution in [2.24, 2.45) is 11.8 Å². The van der Waals surface area contributed by atoms with Crippen LogP contribution in [-0.4, -0.2) is 32.2 Å². The van der Waals surface area contributed by atoms with Crippen LogP contribution < -0.4 is 0 Å². The van der Waals surface area contributed by atoms with Crippen LogP contribution in [0.15, 0.2) is 0 Å². The zero-order valence-corrected chi connectivity index (χ0v) is 10.0. The summed E-state index contributed by atoms with van der Waals surface area (Å²) >= 11 is 0. The van der Waals surface area contributed by atoms with Gasteiger partial charge in [0.05, 0.1) is 0 Å². The van der Waals surface area contributed by atoms with Gasteiger partial charge in [0.2, 0.25) is 0 Å². The molecule has 3 heteroatoms. The highest BCUT2D eigenvalue weighted by molar-refractivity contribution is 5.87. The molecule has 0 amide bonds. The third-order valence-electron chi connectivity index (χ3n) is 2.28. The minimum atomic E-state index is -0.359. The molecule has 0 radical (unpaired) electrons. The Morgan fingerprint density at radius 2 is 1.14 bits per heavy atom. The lowest BCUT2D eigenvalue weighted by atomic mass is 9.93. The van der Waals surface area contributed by atoms with Crippen LogP contribution in [0.4, 0.5) is 0 Å². The molecule has 0 saturated heterocycles. The van der Waals surface area contributed by atoms with Crippen LogP contribution in [0.25, 0.3) is 0 Å². The zero-order valence-electron chi connectivity index (χ0n) is 10.0. The number of carbonyl (C=O) groups is 1. The number of rotatable bonds is 6. The van der Waals surface area contributed by atoms with E-state index in [9.17, 15) is 4.79 Å². The topological polar surface area (TPSA) is 35.5 Å². The molecule has 0 aliphatic carbocycles. The van der Waals surface area contributed by atoms with E-state index in [4.69, 9.17) is 9.47 Å². The van der Waals surface area contributed by atoms with Crippen LogP contribution in [0.2, 0.25) is 0 Å². The molecule has 84 valence electrons. The first-order valence-corrected chi connectivity index (χ1v) is 5.05. The van der Waals surface area contributed by atoms with Gasteiger partial charge in [-0.05, 0) is 11.8 Å². The second-order valence-corrected chi connectivity index (χ2v) is 4.20. The minimum absolute atomic E-state index is 0.0417. The molecule has 2 atom stereocenters. The van der Waals surface area contributed by atoms with Crippen LogP contribution in [-0.2, 0) is 14.3 Å². The molecule has 2 unspecified atom stereocenters. The Kier molecular flexibility index (Phi) is 5.96. The van der Waals surface area contributed by atoms with Crippen molar-refractivity contribution in [2.45, 2.75) is 39.9 Å². The molecule has 0 aromatic heterocycles. The number of ketones is 1. The van der Waals surface area contributed by atoms with E-state index in [0.29, 0.717) is 0 Å². The first-order chi connectivity index (χ1) is 6.45. The van der Waals surface area contributed by atoms with Gasteiger partial charge in [-0.25, -0.2) is 0 Å². The molecule has 0 aromatic carbocycles. The average molecular weight is 202 g/mol. The Balaban J connectivity index is 4.54. The molecule has 0 aliphatic rings. The summed E-state index contributed by atoms with van der Waals surface area (Å²) < 4.78 is 10.4. The average Bonchev–Trinajstić information content (AvgIpc) is 2.04. The molecule has 0 fully saturated rings. The predicted molar refractivity (Wildman–Crippen MR) is 56.3 cm³/mol. The van der Waals surface area contributed by atoms with E-state index in [1.165, 1.54) is 0 Å². The van der Waals surface area contributed by atoms with Gasteiger partial charge in [-0.1, -0.05) is 27.7 Å². The molecular formula is C11H22O3. The number of hydrogen-bond acceptors (Lipinski definition) is 3. The summed E-state index contributed by atoms with van der Waals surface area (Å²) in [6.45, 7) is 7.89. The molecule has 14 heavy (non-hydrogen) atoms. The summed E-state index contributed by atoms with van der Waals surface area (Å²) in [5.41, 5.74) is 0. The summed E-state index contributed by atoms with van der Waals surface area (Å²) in [5, 5.41) is 0. The molecule has 0 N–H and O–H groups in total. The normalized spacial score (nSPS) is 16.0. The Morgan fingerprint density at radius 3 is 1.29 bits per heavy atom. The third kappa shape index (κ3) is 3.39. The number of Topliss-reactive ketones (excluding diaryl/α,β-unsaturated/α-hetero) is 1. The number of ether oxygens (including phenoxy) is 2. The Morgan fingerprint density at radius 1 is 0.857 bits per heavy atom. The lowest BCUT2D eigenvalue weighted by Gasteiger charge is -2.25. The second-order valence-electron chi connectivity index (χ2n) is 4.20. The Labute approximate surface area is 86.8 Å². The molecular weight excluding hydrogens is 180 g/mol. The van der Waals surface area contributed by atoms with Gasteiger partial charge in [0, 0.05) is 14.2 Å². The third-order valence-corrected chi connectivity index (χ3v) is 2.28. The fourth-order valence-electron chi connectivity index (χ4n) is 1.60. The maximum atomic E-state index is 11.9. The molecule has 0 spiro atoms. The highest BCUT2D eigenvalue weighted by atomic mass is 16.5. The fourth-order valence-corrected chi connectivity index (χ4v) is 1.60. The standard InChI is InChI=1S/C11H22O3/c1-7(2)10(13-5)9(12)11(14-6)8(3)4/h7-8,10-11H,1-6H3. The lowest BCUT2D eigenvalue weighted by Crippen LogP contribution is -2.40. The van der Waals surface area contributed by atoms with Crippen LogP contribution in [0.1, 0.15) is 27.7 Å². The maximum Gasteiger partial charge on any atom is 0.190 e. The van der Waals surface area contributed by atoms with Gasteiger partial charge >= 0.3 is 0 Å². The first-order valence-electron chi connectivity index (χ1n) is 5.05. The van der Waals surface area contributed by atoms with E-state index >= 15 is 0 Å². The molecule has 0 aliphatic heterocycles. The highest BCUT2D eigenvalue weighted by Crippen LogP contribution is 2.15. The molecule has 0 bridgehead atoms. The smallest absolute Gasteiger partial charge is 0.190 e. The van der Waals surface area contributed by atoms with Crippen molar-refractivity contribution in [1.82, 2.24) is 0 Å². The van der Waals surface area contributed by atoms with Gasteiger partial charge in [0.15, 0.2) is 5.78 Å². The Hall–Kier alpha value is -0.410. The fraction of sp³-hybridized carbons (Fsp3) is 0.909. The zero-order chi connectivity index (χ0) is 11.3. The summed E-state index contributed by atoms with van der Waals surface area (Å²) in [6.07, 6.45) is -0.718. The number of methoxy groups -OCH3 is 2. The Bertz CT molecular complexity index is 157. The lowest BCUT2D eigenvalue weighted by molar-refractivity contribution is -0.144. The van der Waals surface area contributed by atoms with Crippen molar-refractivity contribution in [3.63, 3.8) is 0 Å². The largest absolute Gasteiger partial charge is 0.373 e.